The van der Waals surface area contributed by atoms with Gasteiger partial charge in [0.05, 0.1) is 18.6 Å². The molecule has 0 spiro atoms. The zero-order chi connectivity index (χ0) is 15.4. The molecule has 0 aromatic heterocycles. The van der Waals surface area contributed by atoms with E-state index in [4.69, 9.17) is 16.3 Å². The average molecular weight is 311 g/mol. The number of hydrogen-bond acceptors (Lipinski definition) is 3. The van der Waals surface area contributed by atoms with Gasteiger partial charge in [-0.25, -0.2) is 0 Å². The summed E-state index contributed by atoms with van der Waals surface area (Å²) < 4.78 is 5.06. The number of carbonyl (C=O) groups is 2. The number of benzene rings is 1. The Labute approximate surface area is 129 Å². The van der Waals surface area contributed by atoms with Crippen molar-refractivity contribution in [2.24, 2.45) is 5.92 Å². The first-order valence-electron chi connectivity index (χ1n) is 6.86. The van der Waals surface area contributed by atoms with E-state index in [1.165, 1.54) is 0 Å². The van der Waals surface area contributed by atoms with Gasteiger partial charge in [-0.1, -0.05) is 17.7 Å². The van der Waals surface area contributed by atoms with Crippen molar-refractivity contribution in [1.29, 1.82) is 0 Å². The maximum Gasteiger partial charge on any atom is 0.229 e. The number of carbonyl (C=O) groups excluding carboxylic acids is 2. The molecule has 0 radical (unpaired) electrons. The molecule has 1 aliphatic rings. The Bertz CT molecular complexity index is 535. The molecule has 1 saturated heterocycles. The summed E-state index contributed by atoms with van der Waals surface area (Å²) in [4.78, 5) is 25.9. The molecular weight excluding hydrogens is 292 g/mol. The summed E-state index contributed by atoms with van der Waals surface area (Å²) in [6.45, 7) is 2.81. The van der Waals surface area contributed by atoms with Crippen LogP contribution in [0.4, 0.5) is 5.69 Å². The molecule has 1 aromatic rings. The quantitative estimate of drug-likeness (QED) is 0.906. The Morgan fingerprint density at radius 3 is 3.00 bits per heavy atom. The summed E-state index contributed by atoms with van der Waals surface area (Å²) in [5.74, 6) is -0.501. The van der Waals surface area contributed by atoms with Crippen LogP contribution in [0.25, 0.3) is 0 Å². The summed E-state index contributed by atoms with van der Waals surface area (Å²) in [6, 6.07) is 6.94. The summed E-state index contributed by atoms with van der Waals surface area (Å²) in [5.41, 5.74) is 0.642. The third-order valence-corrected chi connectivity index (χ3v) is 3.80. The van der Waals surface area contributed by atoms with Crippen molar-refractivity contribution in [3.8, 4) is 0 Å². The van der Waals surface area contributed by atoms with E-state index in [1.807, 2.05) is 6.92 Å². The molecule has 2 amide bonds. The van der Waals surface area contributed by atoms with Gasteiger partial charge in [0.25, 0.3) is 0 Å². The SMILES string of the molecule is COC[C@H](C)N1C[C@H](C(=O)Nc2cccc(Cl)c2)CC1=O. The van der Waals surface area contributed by atoms with Gasteiger partial charge in [0, 0.05) is 30.8 Å². The molecule has 1 heterocycles. The molecular formula is C15H19ClN2O3. The van der Waals surface area contributed by atoms with E-state index in [1.54, 1.807) is 36.3 Å². The smallest absolute Gasteiger partial charge is 0.229 e. The summed E-state index contributed by atoms with van der Waals surface area (Å²) in [6.07, 6.45) is 0.237. The third-order valence-electron chi connectivity index (χ3n) is 3.56. The van der Waals surface area contributed by atoms with Gasteiger partial charge in [0.15, 0.2) is 0 Å². The van der Waals surface area contributed by atoms with Crippen LogP contribution >= 0.6 is 11.6 Å². The molecule has 0 unspecified atom stereocenters. The van der Waals surface area contributed by atoms with E-state index < -0.39 is 0 Å². The number of methoxy groups -OCH3 is 1. The molecule has 0 bridgehead atoms. The molecule has 6 heteroatoms. The van der Waals surface area contributed by atoms with Crippen LogP contribution in [-0.4, -0.2) is 43.0 Å². The lowest BCUT2D eigenvalue weighted by atomic mass is 10.1. The van der Waals surface area contributed by atoms with E-state index >= 15 is 0 Å². The Hall–Kier alpha value is -1.59. The molecule has 2 atom stereocenters. The molecule has 1 aliphatic heterocycles. The number of anilines is 1. The van der Waals surface area contributed by atoms with Crippen molar-refractivity contribution in [3.63, 3.8) is 0 Å². The number of halogens is 1. The standard InChI is InChI=1S/C15H19ClN2O3/c1-10(9-21-2)18-8-11(6-14(18)19)15(20)17-13-5-3-4-12(16)7-13/h3-5,7,10-11H,6,8-9H2,1-2H3,(H,17,20)/t10-,11+/m0/s1. The number of hydrogen-bond donors (Lipinski definition) is 1. The lowest BCUT2D eigenvalue weighted by molar-refractivity contribution is -0.130. The normalized spacial score (nSPS) is 19.7. The second-order valence-electron chi connectivity index (χ2n) is 5.25. The molecule has 0 aliphatic carbocycles. The largest absolute Gasteiger partial charge is 0.383 e. The minimum absolute atomic E-state index is 0.00852. The van der Waals surface area contributed by atoms with Gasteiger partial charge >= 0.3 is 0 Å². The highest BCUT2D eigenvalue weighted by atomic mass is 35.5. The second-order valence-corrected chi connectivity index (χ2v) is 5.69. The maximum atomic E-state index is 12.2. The van der Waals surface area contributed by atoms with E-state index in [0.717, 1.165) is 0 Å². The van der Waals surface area contributed by atoms with E-state index in [0.29, 0.717) is 23.9 Å². The molecule has 1 N–H and O–H groups in total. The van der Waals surface area contributed by atoms with Gasteiger partial charge < -0.3 is 15.0 Å². The molecule has 1 aromatic carbocycles. The van der Waals surface area contributed by atoms with Gasteiger partial charge in [0.1, 0.15) is 0 Å². The summed E-state index contributed by atoms with van der Waals surface area (Å²) in [7, 11) is 1.60. The minimum Gasteiger partial charge on any atom is -0.383 e. The van der Waals surface area contributed by atoms with E-state index in [2.05, 4.69) is 5.32 Å². The molecule has 21 heavy (non-hydrogen) atoms. The number of nitrogens with zero attached hydrogens (tertiary/aromatic N) is 1. The lowest BCUT2D eigenvalue weighted by Crippen LogP contribution is -2.38. The fraction of sp³-hybridized carbons (Fsp3) is 0.467. The zero-order valence-electron chi connectivity index (χ0n) is 12.1. The first-order valence-corrected chi connectivity index (χ1v) is 7.24. The fourth-order valence-corrected chi connectivity index (χ4v) is 2.67. The van der Waals surface area contributed by atoms with E-state index in [9.17, 15) is 9.59 Å². The molecule has 2 rings (SSSR count). The van der Waals surface area contributed by atoms with Gasteiger partial charge in [-0.15, -0.1) is 0 Å². The van der Waals surface area contributed by atoms with Crippen molar-refractivity contribution in [3.05, 3.63) is 29.3 Å². The van der Waals surface area contributed by atoms with Crippen LogP contribution in [0, 0.1) is 5.92 Å². The van der Waals surface area contributed by atoms with Gasteiger partial charge in [-0.05, 0) is 25.1 Å². The zero-order valence-corrected chi connectivity index (χ0v) is 12.9. The highest BCUT2D eigenvalue weighted by Gasteiger charge is 2.36. The number of ether oxygens (including phenoxy) is 1. The predicted octanol–water partition coefficient (Wildman–Crippen LogP) is 2.16. The highest BCUT2D eigenvalue weighted by molar-refractivity contribution is 6.30. The average Bonchev–Trinajstić information content (AvgIpc) is 2.81. The number of likely N-dealkylation sites (tertiary alicyclic amines) is 1. The maximum absolute atomic E-state index is 12.2. The molecule has 0 saturated carbocycles. The van der Waals surface area contributed by atoms with E-state index in [-0.39, 0.29) is 30.2 Å². The van der Waals surface area contributed by atoms with Crippen LogP contribution < -0.4 is 5.32 Å². The van der Waals surface area contributed by atoms with Crippen molar-refractivity contribution >= 4 is 29.1 Å². The number of nitrogens with one attached hydrogen (secondary N) is 1. The number of rotatable bonds is 5. The summed E-state index contributed by atoms with van der Waals surface area (Å²) in [5, 5.41) is 3.36. The monoisotopic (exact) mass is 310 g/mol. The Kier molecular flexibility index (Phi) is 5.20. The summed E-state index contributed by atoms with van der Waals surface area (Å²) >= 11 is 5.88. The third kappa shape index (κ3) is 3.95. The first kappa shape index (κ1) is 15.8. The Morgan fingerprint density at radius 1 is 1.57 bits per heavy atom. The molecule has 1 fully saturated rings. The van der Waals surface area contributed by atoms with Crippen molar-refractivity contribution < 1.29 is 14.3 Å². The molecule has 114 valence electrons. The Balaban J connectivity index is 1.97. The van der Waals surface area contributed by atoms with Crippen LogP contribution in [0.15, 0.2) is 24.3 Å². The second kappa shape index (κ2) is 6.91. The van der Waals surface area contributed by atoms with Crippen LogP contribution in [-0.2, 0) is 14.3 Å². The fourth-order valence-electron chi connectivity index (χ4n) is 2.47. The first-order chi connectivity index (χ1) is 10.0. The number of amides is 2. The van der Waals surface area contributed by atoms with Gasteiger partial charge in [-0.2, -0.15) is 0 Å². The topological polar surface area (TPSA) is 58.6 Å². The van der Waals surface area contributed by atoms with Crippen molar-refractivity contribution in [2.75, 3.05) is 25.6 Å². The predicted molar refractivity (Wildman–Crippen MR) is 81.2 cm³/mol. The van der Waals surface area contributed by atoms with Crippen LogP contribution in [0.1, 0.15) is 13.3 Å². The molecule has 5 nitrogen and oxygen atoms in total. The lowest BCUT2D eigenvalue weighted by Gasteiger charge is -2.23. The van der Waals surface area contributed by atoms with Crippen molar-refractivity contribution in [2.45, 2.75) is 19.4 Å². The van der Waals surface area contributed by atoms with Crippen molar-refractivity contribution in [1.82, 2.24) is 4.90 Å². The van der Waals surface area contributed by atoms with Crippen LogP contribution in [0.2, 0.25) is 5.02 Å². The van der Waals surface area contributed by atoms with Gasteiger partial charge in [0.2, 0.25) is 11.8 Å². The minimum atomic E-state index is -0.337. The highest BCUT2D eigenvalue weighted by Crippen LogP contribution is 2.23. The van der Waals surface area contributed by atoms with Crippen LogP contribution in [0.3, 0.4) is 0 Å². The Morgan fingerprint density at radius 2 is 2.33 bits per heavy atom. The van der Waals surface area contributed by atoms with Crippen LogP contribution in [0.5, 0.6) is 0 Å². The van der Waals surface area contributed by atoms with Gasteiger partial charge in [-0.3, -0.25) is 9.59 Å².